The molecule has 0 fully saturated rings. The summed E-state index contributed by atoms with van der Waals surface area (Å²) < 4.78 is 5.40. The van der Waals surface area contributed by atoms with Crippen molar-refractivity contribution in [2.45, 2.75) is 33.4 Å². The van der Waals surface area contributed by atoms with Crippen molar-refractivity contribution in [1.82, 2.24) is 15.5 Å². The van der Waals surface area contributed by atoms with Gasteiger partial charge in [0.15, 0.2) is 0 Å². The molecule has 1 rings (SSSR count). The van der Waals surface area contributed by atoms with Gasteiger partial charge in [0, 0.05) is 12.6 Å². The van der Waals surface area contributed by atoms with Crippen LogP contribution in [0.15, 0.2) is 24.3 Å². The van der Waals surface area contributed by atoms with Crippen LogP contribution < -0.4 is 15.4 Å². The summed E-state index contributed by atoms with van der Waals surface area (Å²) in [5, 5.41) is 5.35. The summed E-state index contributed by atoms with van der Waals surface area (Å²) in [7, 11) is 1.87. The minimum absolute atomic E-state index is 0.00784. The molecule has 6 heteroatoms. The van der Waals surface area contributed by atoms with Gasteiger partial charge in [0.2, 0.25) is 11.8 Å². The van der Waals surface area contributed by atoms with Crippen LogP contribution in [0.25, 0.3) is 0 Å². The van der Waals surface area contributed by atoms with E-state index in [2.05, 4.69) is 10.6 Å². The molecule has 0 aliphatic heterocycles. The molecule has 23 heavy (non-hydrogen) atoms. The molecule has 0 bridgehead atoms. The van der Waals surface area contributed by atoms with Crippen molar-refractivity contribution in [2.75, 3.05) is 26.7 Å². The standard InChI is InChI=1S/C17H27N3O3/c1-5-23-15-8-6-14(7-9-15)11-20(4)12-17(22)18-10-16(21)19-13(2)3/h6-9,13H,5,10-12H2,1-4H3,(H,18,22)(H,19,21). The Morgan fingerprint density at radius 1 is 1.17 bits per heavy atom. The molecule has 1 aromatic rings. The molecule has 0 heterocycles. The Hall–Kier alpha value is -2.08. The van der Waals surface area contributed by atoms with Crippen molar-refractivity contribution in [3.8, 4) is 5.75 Å². The number of likely N-dealkylation sites (N-methyl/N-ethyl adjacent to an activating group) is 1. The van der Waals surface area contributed by atoms with Gasteiger partial charge < -0.3 is 15.4 Å². The van der Waals surface area contributed by atoms with Crippen LogP contribution in [0.2, 0.25) is 0 Å². The fourth-order valence-corrected chi connectivity index (χ4v) is 2.08. The highest BCUT2D eigenvalue weighted by Crippen LogP contribution is 2.13. The van der Waals surface area contributed by atoms with E-state index < -0.39 is 0 Å². The summed E-state index contributed by atoms with van der Waals surface area (Å²) >= 11 is 0. The molecule has 0 saturated carbocycles. The topological polar surface area (TPSA) is 70.7 Å². The van der Waals surface area contributed by atoms with Crippen LogP contribution >= 0.6 is 0 Å². The minimum atomic E-state index is -0.178. The van der Waals surface area contributed by atoms with Gasteiger partial charge in [0.25, 0.3) is 0 Å². The molecule has 0 radical (unpaired) electrons. The van der Waals surface area contributed by atoms with E-state index in [0.717, 1.165) is 11.3 Å². The predicted octanol–water partition coefficient (Wildman–Crippen LogP) is 1.16. The van der Waals surface area contributed by atoms with Crippen molar-refractivity contribution < 1.29 is 14.3 Å². The number of hydrogen-bond acceptors (Lipinski definition) is 4. The summed E-state index contributed by atoms with van der Waals surface area (Å²) in [4.78, 5) is 25.2. The molecule has 1 aromatic carbocycles. The SMILES string of the molecule is CCOc1ccc(CN(C)CC(=O)NCC(=O)NC(C)C)cc1. The van der Waals surface area contributed by atoms with E-state index in [4.69, 9.17) is 4.74 Å². The Kier molecular flexibility index (Phi) is 8.11. The molecule has 0 aliphatic carbocycles. The molecular formula is C17H27N3O3. The van der Waals surface area contributed by atoms with Gasteiger partial charge in [-0.3, -0.25) is 14.5 Å². The molecular weight excluding hydrogens is 294 g/mol. The molecule has 2 amide bonds. The summed E-state index contributed by atoms with van der Waals surface area (Å²) in [6.45, 7) is 7.24. The minimum Gasteiger partial charge on any atom is -0.494 e. The largest absolute Gasteiger partial charge is 0.494 e. The Bertz CT molecular complexity index is 500. The summed E-state index contributed by atoms with van der Waals surface area (Å²) in [5.74, 6) is 0.493. The predicted molar refractivity (Wildman–Crippen MR) is 90.2 cm³/mol. The third-order valence-electron chi connectivity index (χ3n) is 3.00. The first kappa shape index (κ1) is 19.0. The molecule has 0 unspecified atom stereocenters. The number of ether oxygens (including phenoxy) is 1. The van der Waals surface area contributed by atoms with Gasteiger partial charge in [-0.25, -0.2) is 0 Å². The highest BCUT2D eigenvalue weighted by molar-refractivity contribution is 5.85. The lowest BCUT2D eigenvalue weighted by Gasteiger charge is -2.17. The highest BCUT2D eigenvalue weighted by Gasteiger charge is 2.09. The molecule has 0 aliphatic rings. The summed E-state index contributed by atoms with van der Waals surface area (Å²) in [6.07, 6.45) is 0. The van der Waals surface area contributed by atoms with Crippen molar-refractivity contribution >= 4 is 11.8 Å². The average Bonchev–Trinajstić information content (AvgIpc) is 2.47. The first-order valence-electron chi connectivity index (χ1n) is 7.87. The number of carbonyl (C=O) groups is 2. The Labute approximate surface area is 138 Å². The van der Waals surface area contributed by atoms with Gasteiger partial charge in [-0.1, -0.05) is 12.1 Å². The van der Waals surface area contributed by atoms with E-state index in [1.807, 2.05) is 57.0 Å². The van der Waals surface area contributed by atoms with Crippen LogP contribution in [0, 0.1) is 0 Å². The van der Waals surface area contributed by atoms with Crippen molar-refractivity contribution in [3.05, 3.63) is 29.8 Å². The van der Waals surface area contributed by atoms with Crippen LogP contribution in [0.1, 0.15) is 26.3 Å². The summed E-state index contributed by atoms with van der Waals surface area (Å²) in [6, 6.07) is 7.87. The van der Waals surface area contributed by atoms with E-state index in [1.54, 1.807) is 0 Å². The van der Waals surface area contributed by atoms with Crippen LogP contribution in [0.3, 0.4) is 0 Å². The van der Waals surface area contributed by atoms with E-state index >= 15 is 0 Å². The molecule has 0 aromatic heterocycles. The van der Waals surface area contributed by atoms with Crippen LogP contribution in [0.4, 0.5) is 0 Å². The molecule has 0 saturated heterocycles. The second-order valence-corrected chi connectivity index (χ2v) is 5.75. The van der Waals surface area contributed by atoms with Gasteiger partial charge >= 0.3 is 0 Å². The van der Waals surface area contributed by atoms with E-state index in [-0.39, 0.29) is 30.9 Å². The lowest BCUT2D eigenvalue weighted by Crippen LogP contribution is -2.42. The second kappa shape index (κ2) is 9.84. The first-order valence-corrected chi connectivity index (χ1v) is 7.87. The van der Waals surface area contributed by atoms with Gasteiger partial charge in [0.1, 0.15) is 5.75 Å². The van der Waals surface area contributed by atoms with E-state index in [9.17, 15) is 9.59 Å². The van der Waals surface area contributed by atoms with E-state index in [0.29, 0.717) is 13.2 Å². The molecule has 0 spiro atoms. The monoisotopic (exact) mass is 321 g/mol. The second-order valence-electron chi connectivity index (χ2n) is 5.75. The number of amides is 2. The zero-order chi connectivity index (χ0) is 17.2. The van der Waals surface area contributed by atoms with Crippen molar-refractivity contribution in [2.24, 2.45) is 0 Å². The number of rotatable bonds is 9. The maximum absolute atomic E-state index is 11.8. The Morgan fingerprint density at radius 3 is 2.39 bits per heavy atom. The molecule has 6 nitrogen and oxygen atoms in total. The number of benzene rings is 1. The van der Waals surface area contributed by atoms with Gasteiger partial charge in [-0.15, -0.1) is 0 Å². The number of carbonyl (C=O) groups excluding carboxylic acids is 2. The Morgan fingerprint density at radius 2 is 1.83 bits per heavy atom. The lowest BCUT2D eigenvalue weighted by atomic mass is 10.2. The number of nitrogens with zero attached hydrogens (tertiary/aromatic N) is 1. The normalized spacial score (nSPS) is 10.7. The van der Waals surface area contributed by atoms with Gasteiger partial charge in [0.05, 0.1) is 19.7 Å². The fourth-order valence-electron chi connectivity index (χ4n) is 2.08. The lowest BCUT2D eigenvalue weighted by molar-refractivity contribution is -0.126. The fraction of sp³-hybridized carbons (Fsp3) is 0.529. The van der Waals surface area contributed by atoms with Gasteiger partial charge in [-0.05, 0) is 45.5 Å². The smallest absolute Gasteiger partial charge is 0.239 e. The third kappa shape index (κ3) is 8.21. The molecule has 0 atom stereocenters. The maximum Gasteiger partial charge on any atom is 0.239 e. The van der Waals surface area contributed by atoms with Crippen LogP contribution in [-0.4, -0.2) is 49.5 Å². The Balaban J connectivity index is 2.33. The zero-order valence-corrected chi connectivity index (χ0v) is 14.4. The zero-order valence-electron chi connectivity index (χ0n) is 14.4. The van der Waals surface area contributed by atoms with Crippen LogP contribution in [-0.2, 0) is 16.1 Å². The summed E-state index contributed by atoms with van der Waals surface area (Å²) in [5.41, 5.74) is 1.10. The number of hydrogen-bond donors (Lipinski definition) is 2. The van der Waals surface area contributed by atoms with Crippen molar-refractivity contribution in [1.29, 1.82) is 0 Å². The average molecular weight is 321 g/mol. The molecule has 128 valence electrons. The molecule has 2 N–H and O–H groups in total. The first-order chi connectivity index (χ1) is 10.9. The van der Waals surface area contributed by atoms with Gasteiger partial charge in [-0.2, -0.15) is 0 Å². The maximum atomic E-state index is 11.8. The van der Waals surface area contributed by atoms with E-state index in [1.165, 1.54) is 0 Å². The van der Waals surface area contributed by atoms with Crippen LogP contribution in [0.5, 0.6) is 5.75 Å². The highest BCUT2D eigenvalue weighted by atomic mass is 16.5. The quantitative estimate of drug-likeness (QED) is 0.716. The number of nitrogens with one attached hydrogen (secondary N) is 2. The third-order valence-corrected chi connectivity index (χ3v) is 3.00. The van der Waals surface area contributed by atoms with Crippen molar-refractivity contribution in [3.63, 3.8) is 0 Å².